The Morgan fingerprint density at radius 3 is 2.60 bits per heavy atom. The second kappa shape index (κ2) is 4.49. The Hall–Kier alpha value is -1.02. The summed E-state index contributed by atoms with van der Waals surface area (Å²) in [7, 11) is 0. The highest BCUT2D eigenvalue weighted by Crippen LogP contribution is 2.47. The molecule has 0 bridgehead atoms. The second-order valence-corrected chi connectivity index (χ2v) is 8.15. The average molecular weight is 291 g/mol. The molecule has 1 unspecified atom stereocenters. The number of rotatable bonds is 0. The monoisotopic (exact) mass is 290 g/mol. The topological polar surface area (TPSA) is 15.6 Å². The summed E-state index contributed by atoms with van der Waals surface area (Å²) in [6, 6.07) is 8.24. The van der Waals surface area contributed by atoms with Crippen molar-refractivity contribution >= 4 is 23.1 Å². The van der Waals surface area contributed by atoms with Gasteiger partial charge in [0.05, 0.1) is 5.69 Å². The van der Waals surface area contributed by atoms with Gasteiger partial charge in [0.25, 0.3) is 0 Å². The van der Waals surface area contributed by atoms with Crippen molar-refractivity contribution < 1.29 is 0 Å². The number of aliphatic imine (C=N–C) groups is 1. The highest BCUT2D eigenvalue weighted by Gasteiger charge is 2.41. The third-order valence-corrected chi connectivity index (χ3v) is 4.71. The van der Waals surface area contributed by atoms with Crippen molar-refractivity contribution in [3.8, 4) is 0 Å². The fraction of sp³-hybridized carbons (Fsp3) is 0.588. The minimum Gasteiger partial charge on any atom is -0.339 e. The first-order valence-electron chi connectivity index (χ1n) is 7.35. The van der Waals surface area contributed by atoms with Gasteiger partial charge in [0.2, 0.25) is 0 Å². The van der Waals surface area contributed by atoms with Gasteiger partial charge in [-0.1, -0.05) is 57.5 Å². The van der Waals surface area contributed by atoms with Gasteiger partial charge in [0, 0.05) is 18.5 Å². The molecule has 0 amide bonds. The molecule has 0 saturated carbocycles. The van der Waals surface area contributed by atoms with E-state index in [-0.39, 0.29) is 16.3 Å². The van der Waals surface area contributed by atoms with Gasteiger partial charge in [-0.05, 0) is 23.3 Å². The summed E-state index contributed by atoms with van der Waals surface area (Å²) < 4.78 is 0. The van der Waals surface area contributed by atoms with Crippen molar-refractivity contribution in [2.24, 2.45) is 15.8 Å². The van der Waals surface area contributed by atoms with Crippen LogP contribution in [0, 0.1) is 10.8 Å². The maximum absolute atomic E-state index is 6.76. The van der Waals surface area contributed by atoms with E-state index in [0.717, 1.165) is 30.1 Å². The lowest BCUT2D eigenvalue weighted by atomic mass is 9.74. The lowest BCUT2D eigenvalue weighted by Gasteiger charge is -2.37. The molecular formula is C17H23ClN2. The lowest BCUT2D eigenvalue weighted by molar-refractivity contribution is 0.183. The summed E-state index contributed by atoms with van der Waals surface area (Å²) in [5.74, 6) is 1.15. The van der Waals surface area contributed by atoms with Crippen LogP contribution in [0.5, 0.6) is 0 Å². The first-order valence-corrected chi connectivity index (χ1v) is 7.78. The predicted octanol–water partition coefficient (Wildman–Crippen LogP) is 5.12. The fourth-order valence-electron chi connectivity index (χ4n) is 3.91. The highest BCUT2D eigenvalue weighted by atomic mass is 35.5. The zero-order chi connectivity index (χ0) is 14.5. The van der Waals surface area contributed by atoms with Crippen LogP contribution in [0.3, 0.4) is 0 Å². The molecule has 2 heterocycles. The summed E-state index contributed by atoms with van der Waals surface area (Å²) in [5, 5.41) is 0. The number of amidine groups is 1. The van der Waals surface area contributed by atoms with Gasteiger partial charge in [0.15, 0.2) is 0 Å². The van der Waals surface area contributed by atoms with E-state index in [2.05, 4.69) is 44.7 Å². The molecule has 2 aliphatic rings. The van der Waals surface area contributed by atoms with E-state index in [0.29, 0.717) is 0 Å². The molecule has 20 heavy (non-hydrogen) atoms. The molecular weight excluding hydrogens is 268 g/mol. The van der Waals surface area contributed by atoms with E-state index in [4.69, 9.17) is 16.6 Å². The van der Waals surface area contributed by atoms with Crippen LogP contribution in [-0.4, -0.2) is 17.3 Å². The maximum Gasteiger partial charge on any atom is 0.132 e. The Balaban J connectivity index is 2.08. The lowest BCUT2D eigenvalue weighted by Crippen LogP contribution is -2.39. The van der Waals surface area contributed by atoms with Gasteiger partial charge in [-0.25, -0.2) is 4.99 Å². The van der Waals surface area contributed by atoms with E-state index in [9.17, 15) is 0 Å². The molecule has 2 nitrogen and oxygen atoms in total. The molecule has 108 valence electrons. The third kappa shape index (κ3) is 2.46. The van der Waals surface area contributed by atoms with Crippen LogP contribution in [0.25, 0.3) is 0 Å². The number of halogens is 1. The molecule has 0 aliphatic carbocycles. The zero-order valence-electron chi connectivity index (χ0n) is 12.8. The van der Waals surface area contributed by atoms with Crippen molar-refractivity contribution in [3.05, 3.63) is 29.8 Å². The molecule has 1 fully saturated rings. The molecule has 1 saturated heterocycles. The van der Waals surface area contributed by atoms with Crippen molar-refractivity contribution in [3.63, 3.8) is 0 Å². The number of alkyl halides is 1. The van der Waals surface area contributed by atoms with Crippen LogP contribution in [0.15, 0.2) is 29.3 Å². The second-order valence-electron chi connectivity index (χ2n) is 7.73. The Kier molecular flexibility index (Phi) is 3.13. The third-order valence-electron chi connectivity index (χ3n) is 4.24. The molecule has 3 heteroatoms. The summed E-state index contributed by atoms with van der Waals surface area (Å²) >= 11 is 6.76. The zero-order valence-corrected chi connectivity index (χ0v) is 13.5. The van der Waals surface area contributed by atoms with Crippen molar-refractivity contribution in [2.45, 2.75) is 46.0 Å². The van der Waals surface area contributed by atoms with E-state index in [1.807, 2.05) is 12.1 Å². The number of benzene rings is 1. The van der Waals surface area contributed by atoms with Crippen molar-refractivity contribution in [2.75, 3.05) is 6.54 Å². The molecule has 0 aromatic heterocycles. The minimum absolute atomic E-state index is 0.0909. The average Bonchev–Trinajstić information content (AvgIpc) is 2.41. The van der Waals surface area contributed by atoms with E-state index < -0.39 is 0 Å². The molecule has 2 aliphatic heterocycles. The molecule has 1 atom stereocenters. The maximum atomic E-state index is 6.76. The molecule has 3 rings (SSSR count). The highest BCUT2D eigenvalue weighted by molar-refractivity contribution is 6.22. The number of nitrogens with zero attached hydrogens (tertiary/aromatic N) is 2. The molecule has 0 N–H and O–H groups in total. The minimum atomic E-state index is -0.0909. The van der Waals surface area contributed by atoms with Gasteiger partial charge in [-0.3, -0.25) is 0 Å². The number of hydrogen-bond donors (Lipinski definition) is 0. The number of fused-ring (bicyclic) bond motifs is 2. The van der Waals surface area contributed by atoms with Gasteiger partial charge in [0.1, 0.15) is 11.3 Å². The van der Waals surface area contributed by atoms with Crippen LogP contribution in [0.4, 0.5) is 5.69 Å². The molecule has 1 aromatic rings. The first kappa shape index (κ1) is 13.9. The van der Waals surface area contributed by atoms with Crippen LogP contribution in [0.2, 0.25) is 0 Å². The Morgan fingerprint density at radius 1 is 1.15 bits per heavy atom. The van der Waals surface area contributed by atoms with Crippen molar-refractivity contribution in [1.82, 2.24) is 4.90 Å². The largest absolute Gasteiger partial charge is 0.339 e. The number of para-hydroxylation sites is 1. The first-order chi connectivity index (χ1) is 9.27. The number of hydrogen-bond acceptors (Lipinski definition) is 2. The van der Waals surface area contributed by atoms with E-state index in [1.165, 1.54) is 6.42 Å². The fourth-order valence-corrected chi connectivity index (χ4v) is 4.27. The molecule has 0 spiro atoms. The van der Waals surface area contributed by atoms with Crippen LogP contribution >= 0.6 is 11.6 Å². The van der Waals surface area contributed by atoms with Gasteiger partial charge in [-0.15, -0.1) is 0 Å². The normalized spacial score (nSPS) is 27.1. The van der Waals surface area contributed by atoms with Crippen molar-refractivity contribution in [1.29, 1.82) is 0 Å². The molecule has 1 aromatic carbocycles. The van der Waals surface area contributed by atoms with E-state index >= 15 is 0 Å². The quantitative estimate of drug-likeness (QED) is 0.478. The van der Waals surface area contributed by atoms with Gasteiger partial charge >= 0.3 is 0 Å². The summed E-state index contributed by atoms with van der Waals surface area (Å²) in [4.78, 5) is 7.20. The summed E-state index contributed by atoms with van der Waals surface area (Å²) in [6.45, 7) is 10.3. The smallest absolute Gasteiger partial charge is 0.132 e. The Bertz CT molecular complexity index is 560. The predicted molar refractivity (Wildman–Crippen MR) is 85.6 cm³/mol. The van der Waals surface area contributed by atoms with Crippen LogP contribution in [0.1, 0.15) is 51.6 Å². The van der Waals surface area contributed by atoms with Gasteiger partial charge < -0.3 is 4.90 Å². The van der Waals surface area contributed by atoms with Crippen LogP contribution in [-0.2, 0) is 0 Å². The van der Waals surface area contributed by atoms with E-state index in [1.54, 1.807) is 0 Å². The van der Waals surface area contributed by atoms with Gasteiger partial charge in [-0.2, -0.15) is 0 Å². The Morgan fingerprint density at radius 2 is 1.85 bits per heavy atom. The van der Waals surface area contributed by atoms with Crippen LogP contribution < -0.4 is 0 Å². The SMILES string of the molecule is CC1(C)CC2=Nc3ccccc3C(Cl)N2CC(C)(C)C1. The molecule has 0 radical (unpaired) electrons. The summed E-state index contributed by atoms with van der Waals surface area (Å²) in [6.07, 6.45) is 2.18. The summed E-state index contributed by atoms with van der Waals surface area (Å²) in [5.41, 5.74) is 2.59. The Labute approximate surface area is 126 Å². The standard InChI is InChI=1S/C17H23ClN2/c1-16(2)9-14-19-13-8-6-5-7-12(13)15(18)20(14)11-17(3,4)10-16/h5-8,15H,9-11H2,1-4H3.